The average molecular weight is 240 g/mol. The van der Waals surface area contributed by atoms with Crippen LogP contribution in [0.25, 0.3) is 0 Å². The van der Waals surface area contributed by atoms with Crippen LogP contribution >= 0.6 is 0 Å². The van der Waals surface area contributed by atoms with Crippen molar-refractivity contribution in [3.05, 3.63) is 18.0 Å². The third-order valence-electron chi connectivity index (χ3n) is 1.95. The molecule has 1 aromatic heterocycles. The molecular formula is C9H12N4O4. The highest BCUT2D eigenvalue weighted by Crippen LogP contribution is 1.96. The Bertz CT molecular complexity index is 415. The molecule has 92 valence electrons. The lowest BCUT2D eigenvalue weighted by molar-refractivity contribution is -0.143. The van der Waals surface area contributed by atoms with Crippen molar-refractivity contribution in [2.75, 3.05) is 0 Å². The van der Waals surface area contributed by atoms with Gasteiger partial charge in [-0.1, -0.05) is 0 Å². The lowest BCUT2D eigenvalue weighted by Gasteiger charge is -2.12. The molecule has 1 heterocycles. The van der Waals surface area contributed by atoms with Gasteiger partial charge in [0.2, 0.25) is 11.8 Å². The van der Waals surface area contributed by atoms with Gasteiger partial charge < -0.3 is 16.2 Å². The van der Waals surface area contributed by atoms with Crippen molar-refractivity contribution in [2.45, 2.75) is 18.9 Å². The minimum atomic E-state index is -1.30. The zero-order valence-electron chi connectivity index (χ0n) is 8.84. The van der Waals surface area contributed by atoms with Gasteiger partial charge in [0.15, 0.2) is 0 Å². The second kappa shape index (κ2) is 5.64. The number of hydrogen-bond donors (Lipinski definition) is 4. The Labute approximate surface area is 96.2 Å². The summed E-state index contributed by atoms with van der Waals surface area (Å²) in [5, 5.41) is 17.2. The average Bonchev–Trinajstić information content (AvgIpc) is 2.68. The Kier molecular flexibility index (Phi) is 4.21. The predicted octanol–water partition coefficient (Wildman–Crippen LogP) is -1.60. The van der Waals surface area contributed by atoms with Crippen LogP contribution in [0, 0.1) is 0 Å². The maximum absolute atomic E-state index is 11.4. The van der Waals surface area contributed by atoms with E-state index in [0.717, 1.165) is 0 Å². The van der Waals surface area contributed by atoms with E-state index in [0.29, 0.717) is 5.69 Å². The number of nitrogens with zero attached hydrogens (tertiary/aromatic N) is 1. The summed E-state index contributed by atoms with van der Waals surface area (Å²) in [6.45, 7) is 0. The molecular weight excluding hydrogens is 228 g/mol. The molecule has 0 fully saturated rings. The van der Waals surface area contributed by atoms with Gasteiger partial charge in [-0.25, -0.2) is 4.79 Å². The van der Waals surface area contributed by atoms with Crippen LogP contribution in [-0.4, -0.2) is 39.1 Å². The molecule has 1 aromatic rings. The lowest BCUT2D eigenvalue weighted by atomic mass is 10.2. The summed E-state index contributed by atoms with van der Waals surface area (Å²) in [6.07, 6.45) is 0.993. The van der Waals surface area contributed by atoms with E-state index in [2.05, 4.69) is 15.5 Å². The molecule has 0 bridgehead atoms. The van der Waals surface area contributed by atoms with Gasteiger partial charge in [-0.2, -0.15) is 5.10 Å². The molecule has 0 aliphatic heterocycles. The summed E-state index contributed by atoms with van der Waals surface area (Å²) in [4.78, 5) is 32.8. The number of H-pyrrole nitrogens is 1. The van der Waals surface area contributed by atoms with Gasteiger partial charge in [0.05, 0.1) is 12.8 Å². The highest BCUT2D eigenvalue weighted by molar-refractivity contribution is 5.88. The highest BCUT2D eigenvalue weighted by Gasteiger charge is 2.22. The minimum Gasteiger partial charge on any atom is -0.480 e. The summed E-state index contributed by atoms with van der Waals surface area (Å²) in [7, 11) is 0. The molecule has 0 aliphatic carbocycles. The van der Waals surface area contributed by atoms with Crippen LogP contribution in [0.2, 0.25) is 0 Å². The van der Waals surface area contributed by atoms with E-state index >= 15 is 0 Å². The van der Waals surface area contributed by atoms with Gasteiger partial charge in [0, 0.05) is 11.9 Å². The molecule has 8 heteroatoms. The van der Waals surface area contributed by atoms with Crippen LogP contribution in [-0.2, 0) is 20.8 Å². The Morgan fingerprint density at radius 3 is 2.71 bits per heavy atom. The number of amides is 2. The van der Waals surface area contributed by atoms with Gasteiger partial charge >= 0.3 is 5.97 Å². The fourth-order valence-electron chi connectivity index (χ4n) is 1.20. The first kappa shape index (κ1) is 12.7. The first-order chi connectivity index (χ1) is 7.99. The Balaban J connectivity index is 2.52. The summed E-state index contributed by atoms with van der Waals surface area (Å²) in [5.74, 6) is -2.62. The van der Waals surface area contributed by atoms with E-state index in [1.807, 2.05) is 0 Å². The van der Waals surface area contributed by atoms with Crippen LogP contribution in [0.15, 0.2) is 12.3 Å². The maximum Gasteiger partial charge on any atom is 0.326 e. The Morgan fingerprint density at radius 1 is 1.53 bits per heavy atom. The number of nitrogens with one attached hydrogen (secondary N) is 2. The fourth-order valence-corrected chi connectivity index (χ4v) is 1.20. The van der Waals surface area contributed by atoms with Crippen molar-refractivity contribution in [1.29, 1.82) is 0 Å². The molecule has 5 N–H and O–H groups in total. The highest BCUT2D eigenvalue weighted by atomic mass is 16.4. The smallest absolute Gasteiger partial charge is 0.326 e. The van der Waals surface area contributed by atoms with Gasteiger partial charge in [0.25, 0.3) is 0 Å². The predicted molar refractivity (Wildman–Crippen MR) is 55.7 cm³/mol. The van der Waals surface area contributed by atoms with Crippen LogP contribution in [0.1, 0.15) is 12.1 Å². The van der Waals surface area contributed by atoms with Crippen molar-refractivity contribution >= 4 is 17.8 Å². The second-order valence-electron chi connectivity index (χ2n) is 3.39. The number of carbonyl (C=O) groups excluding carboxylic acids is 2. The summed E-state index contributed by atoms with van der Waals surface area (Å²) in [6, 6.07) is 0.284. The number of carbonyl (C=O) groups is 3. The molecule has 0 saturated heterocycles. The largest absolute Gasteiger partial charge is 0.480 e. The molecule has 1 rings (SSSR count). The van der Waals surface area contributed by atoms with Crippen LogP contribution < -0.4 is 11.1 Å². The van der Waals surface area contributed by atoms with Gasteiger partial charge in [-0.05, 0) is 6.07 Å². The standard InChI is InChI=1S/C9H12N4O4/c10-7(14)4-6(9(16)17)12-8(15)3-5-1-2-11-13-5/h1-2,6H,3-4H2,(H2,10,14)(H,11,13)(H,12,15)(H,16,17)/t6-/m0/s1. The molecule has 1 atom stereocenters. The molecule has 0 radical (unpaired) electrons. The number of carboxylic acid groups (broad SMARTS) is 1. The molecule has 0 aliphatic rings. The number of rotatable bonds is 6. The zero-order chi connectivity index (χ0) is 12.8. The van der Waals surface area contributed by atoms with E-state index in [1.54, 1.807) is 6.07 Å². The number of primary amides is 1. The third-order valence-corrected chi connectivity index (χ3v) is 1.95. The quantitative estimate of drug-likeness (QED) is 0.474. The Morgan fingerprint density at radius 2 is 2.24 bits per heavy atom. The SMILES string of the molecule is NC(=O)C[C@H](NC(=O)Cc1ccn[nH]1)C(=O)O. The van der Waals surface area contributed by atoms with Crippen LogP contribution in [0.5, 0.6) is 0 Å². The number of nitrogens with two attached hydrogens (primary N) is 1. The fraction of sp³-hybridized carbons (Fsp3) is 0.333. The number of hydrogen-bond acceptors (Lipinski definition) is 4. The van der Waals surface area contributed by atoms with Crippen molar-refractivity contribution in [1.82, 2.24) is 15.5 Å². The molecule has 0 spiro atoms. The molecule has 0 aromatic carbocycles. The number of aliphatic carboxylic acids is 1. The minimum absolute atomic E-state index is 0.0391. The Hall–Kier alpha value is -2.38. The van der Waals surface area contributed by atoms with Crippen LogP contribution in [0.4, 0.5) is 0 Å². The maximum atomic E-state index is 11.4. The lowest BCUT2D eigenvalue weighted by Crippen LogP contribution is -2.43. The van der Waals surface area contributed by atoms with Gasteiger partial charge in [-0.3, -0.25) is 14.7 Å². The summed E-state index contributed by atoms with van der Waals surface area (Å²) in [5.41, 5.74) is 5.42. The number of aromatic amines is 1. The first-order valence-corrected chi connectivity index (χ1v) is 4.77. The van der Waals surface area contributed by atoms with E-state index in [4.69, 9.17) is 10.8 Å². The molecule has 0 unspecified atom stereocenters. The van der Waals surface area contributed by atoms with E-state index in [9.17, 15) is 14.4 Å². The van der Waals surface area contributed by atoms with E-state index in [-0.39, 0.29) is 6.42 Å². The summed E-state index contributed by atoms with van der Waals surface area (Å²) < 4.78 is 0. The number of aromatic nitrogens is 2. The van der Waals surface area contributed by atoms with Crippen molar-refractivity contribution in [3.63, 3.8) is 0 Å². The first-order valence-electron chi connectivity index (χ1n) is 4.77. The van der Waals surface area contributed by atoms with Crippen LogP contribution in [0.3, 0.4) is 0 Å². The van der Waals surface area contributed by atoms with Crippen molar-refractivity contribution in [2.24, 2.45) is 5.73 Å². The number of carboxylic acids is 1. The van der Waals surface area contributed by atoms with E-state index in [1.165, 1.54) is 6.20 Å². The molecule has 0 saturated carbocycles. The van der Waals surface area contributed by atoms with Crippen molar-refractivity contribution in [3.8, 4) is 0 Å². The second-order valence-corrected chi connectivity index (χ2v) is 3.39. The van der Waals surface area contributed by atoms with Crippen molar-refractivity contribution < 1.29 is 19.5 Å². The van der Waals surface area contributed by atoms with E-state index < -0.39 is 30.2 Å². The third kappa shape index (κ3) is 4.33. The normalized spacial score (nSPS) is 11.8. The molecule has 17 heavy (non-hydrogen) atoms. The monoisotopic (exact) mass is 240 g/mol. The van der Waals surface area contributed by atoms with Gasteiger partial charge in [-0.15, -0.1) is 0 Å². The zero-order valence-corrected chi connectivity index (χ0v) is 8.84. The topological polar surface area (TPSA) is 138 Å². The van der Waals surface area contributed by atoms with Gasteiger partial charge in [0.1, 0.15) is 6.04 Å². The summed E-state index contributed by atoms with van der Waals surface area (Å²) >= 11 is 0. The molecule has 8 nitrogen and oxygen atoms in total. The molecule has 2 amide bonds.